The standard InChI is InChI=1S/C26H27F3N4O3S/c1-17-4-6-19(7-5-17)22-12-18(13-24(31-22)32(2)3)15-30-25(34)23-14-26(28,29)16-33(23)37(35,36)21-10-8-20(27)9-11-21/h4-13,23H,14-16H2,1-3H3,(H,30,34)/t23-/m0/s1. The van der Waals surface area contributed by atoms with Gasteiger partial charge in [0.1, 0.15) is 17.7 Å². The maximum absolute atomic E-state index is 14.3. The van der Waals surface area contributed by atoms with Crippen molar-refractivity contribution < 1.29 is 26.4 Å². The van der Waals surface area contributed by atoms with Crippen LogP contribution in [0.25, 0.3) is 11.3 Å². The molecule has 196 valence electrons. The number of aromatic nitrogens is 1. The zero-order valence-electron chi connectivity index (χ0n) is 20.6. The van der Waals surface area contributed by atoms with Crippen LogP contribution in [-0.4, -0.2) is 56.2 Å². The van der Waals surface area contributed by atoms with Crippen LogP contribution in [0.1, 0.15) is 17.5 Å². The van der Waals surface area contributed by atoms with Gasteiger partial charge in [-0.1, -0.05) is 29.8 Å². The second-order valence-electron chi connectivity index (χ2n) is 9.28. The lowest BCUT2D eigenvalue weighted by atomic mass is 10.1. The average Bonchev–Trinajstić information content (AvgIpc) is 3.19. The minimum atomic E-state index is -4.46. The molecule has 2 heterocycles. The summed E-state index contributed by atoms with van der Waals surface area (Å²) in [4.78, 5) is 19.1. The first-order chi connectivity index (χ1) is 17.4. The molecule has 3 aromatic rings. The maximum atomic E-state index is 14.3. The number of alkyl halides is 2. The van der Waals surface area contributed by atoms with Crippen LogP contribution in [0.5, 0.6) is 0 Å². The van der Waals surface area contributed by atoms with Crippen LogP contribution in [0, 0.1) is 12.7 Å². The van der Waals surface area contributed by atoms with Gasteiger partial charge in [0.05, 0.1) is 17.1 Å². The average molecular weight is 533 g/mol. The number of rotatable bonds is 7. The van der Waals surface area contributed by atoms with Crippen molar-refractivity contribution in [2.75, 3.05) is 25.5 Å². The Morgan fingerprint density at radius 3 is 2.38 bits per heavy atom. The van der Waals surface area contributed by atoms with Crippen molar-refractivity contribution in [3.63, 3.8) is 0 Å². The quantitative estimate of drug-likeness (QED) is 0.498. The van der Waals surface area contributed by atoms with E-state index in [1.165, 1.54) is 0 Å². The molecule has 1 saturated heterocycles. The molecule has 1 aliphatic heterocycles. The normalized spacial score (nSPS) is 17.5. The highest BCUT2D eigenvalue weighted by Gasteiger charge is 2.52. The summed E-state index contributed by atoms with van der Waals surface area (Å²) < 4.78 is 68.5. The SMILES string of the molecule is Cc1ccc(-c2cc(CNC(=O)[C@@H]3CC(F)(F)CN3S(=O)(=O)c3ccc(F)cc3)cc(N(C)C)n2)cc1. The lowest BCUT2D eigenvalue weighted by Crippen LogP contribution is -2.45. The van der Waals surface area contributed by atoms with E-state index in [9.17, 15) is 26.4 Å². The molecule has 0 unspecified atom stereocenters. The molecule has 1 aromatic heterocycles. The summed E-state index contributed by atoms with van der Waals surface area (Å²) >= 11 is 0. The Morgan fingerprint density at radius 1 is 1.11 bits per heavy atom. The van der Waals surface area contributed by atoms with Gasteiger partial charge in [-0.15, -0.1) is 0 Å². The molecule has 1 aliphatic rings. The number of aryl methyl sites for hydroxylation is 1. The Labute approximate surface area is 214 Å². The highest BCUT2D eigenvalue weighted by molar-refractivity contribution is 7.89. The fourth-order valence-electron chi connectivity index (χ4n) is 4.09. The molecule has 0 spiro atoms. The molecular formula is C26H27F3N4O3S. The van der Waals surface area contributed by atoms with Crippen molar-refractivity contribution in [3.05, 3.63) is 77.6 Å². The molecular weight excluding hydrogens is 505 g/mol. The van der Waals surface area contributed by atoms with Crippen molar-refractivity contribution in [3.8, 4) is 11.3 Å². The lowest BCUT2D eigenvalue weighted by molar-refractivity contribution is -0.124. The molecule has 0 radical (unpaired) electrons. The van der Waals surface area contributed by atoms with E-state index in [1.807, 2.05) is 45.3 Å². The first kappa shape index (κ1) is 26.6. The number of nitrogens with one attached hydrogen (secondary N) is 1. The summed E-state index contributed by atoms with van der Waals surface area (Å²) in [5.41, 5.74) is 3.30. The van der Waals surface area contributed by atoms with E-state index in [2.05, 4.69) is 10.3 Å². The maximum Gasteiger partial charge on any atom is 0.263 e. The third kappa shape index (κ3) is 5.94. The number of benzene rings is 2. The van der Waals surface area contributed by atoms with Crippen molar-refractivity contribution in [1.29, 1.82) is 0 Å². The Hall–Kier alpha value is -3.44. The van der Waals surface area contributed by atoms with E-state index >= 15 is 0 Å². The van der Waals surface area contributed by atoms with Gasteiger partial charge >= 0.3 is 0 Å². The van der Waals surface area contributed by atoms with Crippen LogP contribution in [-0.2, 0) is 21.4 Å². The molecule has 0 saturated carbocycles. The van der Waals surface area contributed by atoms with Gasteiger partial charge in [-0.25, -0.2) is 26.6 Å². The minimum absolute atomic E-state index is 0.0203. The molecule has 11 heteroatoms. The molecule has 1 N–H and O–H groups in total. The van der Waals surface area contributed by atoms with Crippen LogP contribution in [0.2, 0.25) is 0 Å². The second kappa shape index (κ2) is 10.1. The first-order valence-electron chi connectivity index (χ1n) is 11.5. The van der Waals surface area contributed by atoms with Gasteiger partial charge in [-0.2, -0.15) is 4.31 Å². The summed E-state index contributed by atoms with van der Waals surface area (Å²) in [6.45, 7) is 0.816. The summed E-state index contributed by atoms with van der Waals surface area (Å²) in [7, 11) is -0.815. The number of nitrogens with zero attached hydrogens (tertiary/aromatic N) is 3. The topological polar surface area (TPSA) is 82.6 Å². The number of carbonyl (C=O) groups excluding carboxylic acids is 1. The van der Waals surface area contributed by atoms with Crippen molar-refractivity contribution in [1.82, 2.24) is 14.6 Å². The molecule has 37 heavy (non-hydrogen) atoms. The van der Waals surface area contributed by atoms with E-state index in [4.69, 9.17) is 0 Å². The fourth-order valence-corrected chi connectivity index (χ4v) is 5.70. The largest absolute Gasteiger partial charge is 0.363 e. The van der Waals surface area contributed by atoms with Crippen molar-refractivity contribution >= 4 is 21.7 Å². The summed E-state index contributed by atoms with van der Waals surface area (Å²) in [6, 6.07) is 13.5. The Balaban J connectivity index is 1.57. The Bertz CT molecular complexity index is 1400. The van der Waals surface area contributed by atoms with E-state index in [0.29, 0.717) is 21.4 Å². The number of amides is 1. The molecule has 0 bridgehead atoms. The molecule has 1 atom stereocenters. The predicted molar refractivity (Wildman–Crippen MR) is 134 cm³/mol. The summed E-state index contributed by atoms with van der Waals surface area (Å²) in [6.07, 6.45) is -0.951. The monoisotopic (exact) mass is 532 g/mol. The predicted octanol–water partition coefficient (Wildman–Crippen LogP) is 3.98. The van der Waals surface area contributed by atoms with Crippen molar-refractivity contribution in [2.24, 2.45) is 0 Å². The van der Waals surface area contributed by atoms with Crippen molar-refractivity contribution in [2.45, 2.75) is 36.7 Å². The van der Waals surface area contributed by atoms with Gasteiger partial charge in [0.25, 0.3) is 5.92 Å². The van der Waals surface area contributed by atoms with Crippen LogP contribution < -0.4 is 10.2 Å². The second-order valence-corrected chi connectivity index (χ2v) is 11.2. The molecule has 2 aromatic carbocycles. The highest BCUT2D eigenvalue weighted by atomic mass is 32.2. The number of sulfonamides is 1. The smallest absolute Gasteiger partial charge is 0.263 e. The first-order valence-corrected chi connectivity index (χ1v) is 13.0. The molecule has 1 fully saturated rings. The van der Waals surface area contributed by atoms with E-state index < -0.39 is 46.7 Å². The highest BCUT2D eigenvalue weighted by Crippen LogP contribution is 2.36. The number of carbonyl (C=O) groups is 1. The number of hydrogen-bond acceptors (Lipinski definition) is 5. The number of halogens is 3. The Morgan fingerprint density at radius 2 is 1.76 bits per heavy atom. The minimum Gasteiger partial charge on any atom is -0.363 e. The van der Waals surface area contributed by atoms with E-state index in [-0.39, 0.29) is 11.4 Å². The van der Waals surface area contributed by atoms with Gasteiger partial charge in [0.2, 0.25) is 15.9 Å². The summed E-state index contributed by atoms with van der Waals surface area (Å²) in [5, 5.41) is 2.61. The molecule has 1 amide bonds. The zero-order valence-corrected chi connectivity index (χ0v) is 21.4. The fraction of sp³-hybridized carbons (Fsp3) is 0.308. The van der Waals surface area contributed by atoms with Crippen LogP contribution >= 0.6 is 0 Å². The molecule has 4 rings (SSSR count). The van der Waals surface area contributed by atoms with Gasteiger partial charge < -0.3 is 10.2 Å². The van der Waals surface area contributed by atoms with E-state index in [0.717, 1.165) is 35.4 Å². The third-order valence-corrected chi connectivity index (χ3v) is 7.96. The molecule has 7 nitrogen and oxygen atoms in total. The Kier molecular flexibility index (Phi) is 7.29. The summed E-state index contributed by atoms with van der Waals surface area (Å²) in [5.74, 6) is -4.26. The third-order valence-electron chi connectivity index (χ3n) is 6.09. The van der Waals surface area contributed by atoms with E-state index in [1.54, 1.807) is 17.0 Å². The van der Waals surface area contributed by atoms with Gasteiger partial charge in [-0.05, 0) is 48.9 Å². The van der Waals surface area contributed by atoms with Gasteiger partial charge in [-0.3, -0.25) is 4.79 Å². The number of hydrogen-bond donors (Lipinski definition) is 1. The zero-order chi connectivity index (χ0) is 27.0. The van der Waals surface area contributed by atoms with Gasteiger partial charge in [0, 0.05) is 32.6 Å². The van der Waals surface area contributed by atoms with Crippen LogP contribution in [0.3, 0.4) is 0 Å². The number of pyridine rings is 1. The lowest BCUT2D eigenvalue weighted by Gasteiger charge is -2.23. The van der Waals surface area contributed by atoms with Crippen LogP contribution in [0.4, 0.5) is 19.0 Å². The van der Waals surface area contributed by atoms with Gasteiger partial charge in [0.15, 0.2) is 0 Å². The van der Waals surface area contributed by atoms with Crippen LogP contribution in [0.15, 0.2) is 65.6 Å². The molecule has 0 aliphatic carbocycles. The number of anilines is 1.